The van der Waals surface area contributed by atoms with E-state index < -0.39 is 30.5 Å². The number of methoxy groups -OCH3 is 2. The van der Waals surface area contributed by atoms with Crippen molar-refractivity contribution in [2.45, 2.75) is 56.9 Å². The molecule has 0 aromatic rings. The fourth-order valence-electron chi connectivity index (χ4n) is 2.14. The fraction of sp³-hybridized carbons (Fsp3) is 1.00. The Balaban J connectivity index is 2.84. The number of hydrogen-bond donors (Lipinski definition) is 2. The van der Waals surface area contributed by atoms with E-state index in [2.05, 4.69) is 0 Å². The summed E-state index contributed by atoms with van der Waals surface area (Å²) in [5.74, 6) is 0. The summed E-state index contributed by atoms with van der Waals surface area (Å²) in [6.45, 7) is 3.64. The van der Waals surface area contributed by atoms with Crippen LogP contribution in [0.5, 0.6) is 0 Å². The molecule has 0 aliphatic carbocycles. The standard InChI is InChI=1S/C11H22O5/c1-5-7(12)9-11(15-4)10(14-3)8(13)6(2)16-9/h6-13H,5H2,1-4H3/t6?,7?,8-,9+,10+,11?/m1/s1. The molecule has 1 heterocycles. The van der Waals surface area contributed by atoms with Crippen LogP contribution in [0, 0.1) is 0 Å². The van der Waals surface area contributed by atoms with E-state index in [0.717, 1.165) is 0 Å². The molecule has 0 spiro atoms. The van der Waals surface area contributed by atoms with E-state index >= 15 is 0 Å². The highest BCUT2D eigenvalue weighted by atomic mass is 16.6. The lowest BCUT2D eigenvalue weighted by molar-refractivity contribution is -0.250. The van der Waals surface area contributed by atoms with Crippen LogP contribution in [0.1, 0.15) is 20.3 Å². The lowest BCUT2D eigenvalue weighted by atomic mass is 9.91. The Hall–Kier alpha value is -0.200. The SMILES string of the molecule is CCC(O)[C@@H]1OC(C)[C@@H](O)[C@H](OC)C1OC. The van der Waals surface area contributed by atoms with Gasteiger partial charge in [-0.15, -0.1) is 0 Å². The second kappa shape index (κ2) is 5.93. The van der Waals surface area contributed by atoms with Gasteiger partial charge in [0.05, 0.1) is 12.2 Å². The zero-order valence-corrected chi connectivity index (χ0v) is 10.3. The van der Waals surface area contributed by atoms with Crippen LogP contribution in [-0.2, 0) is 14.2 Å². The van der Waals surface area contributed by atoms with E-state index in [1.165, 1.54) is 14.2 Å². The molecule has 96 valence electrons. The molecule has 1 saturated heterocycles. The molecule has 3 unspecified atom stereocenters. The third-order valence-corrected chi connectivity index (χ3v) is 3.18. The number of hydrogen-bond acceptors (Lipinski definition) is 5. The summed E-state index contributed by atoms with van der Waals surface area (Å²) in [5, 5.41) is 19.8. The Labute approximate surface area is 96.3 Å². The molecule has 0 aromatic heterocycles. The maximum atomic E-state index is 9.90. The van der Waals surface area contributed by atoms with Gasteiger partial charge >= 0.3 is 0 Å². The van der Waals surface area contributed by atoms with Gasteiger partial charge < -0.3 is 24.4 Å². The topological polar surface area (TPSA) is 68.2 Å². The molecule has 2 N–H and O–H groups in total. The molecule has 0 aromatic carbocycles. The second-order valence-electron chi connectivity index (χ2n) is 4.17. The van der Waals surface area contributed by atoms with Crippen LogP contribution in [0.15, 0.2) is 0 Å². The first-order chi connectivity index (χ1) is 7.56. The highest BCUT2D eigenvalue weighted by Crippen LogP contribution is 2.27. The van der Waals surface area contributed by atoms with E-state index in [1.54, 1.807) is 6.92 Å². The molecule has 1 rings (SSSR count). The van der Waals surface area contributed by atoms with Crippen LogP contribution >= 0.6 is 0 Å². The molecular formula is C11H22O5. The minimum absolute atomic E-state index is 0.373. The third kappa shape index (κ3) is 2.55. The van der Waals surface area contributed by atoms with E-state index in [1.807, 2.05) is 6.92 Å². The van der Waals surface area contributed by atoms with E-state index in [9.17, 15) is 10.2 Å². The first-order valence-electron chi connectivity index (χ1n) is 5.64. The van der Waals surface area contributed by atoms with Crippen molar-refractivity contribution >= 4 is 0 Å². The highest BCUT2D eigenvalue weighted by molar-refractivity contribution is 4.95. The molecule has 1 aliphatic rings. The summed E-state index contributed by atoms with van der Waals surface area (Å²) in [6, 6.07) is 0. The lowest BCUT2D eigenvalue weighted by Crippen LogP contribution is -2.61. The Morgan fingerprint density at radius 3 is 2.25 bits per heavy atom. The number of ether oxygens (including phenoxy) is 3. The van der Waals surface area contributed by atoms with E-state index in [-0.39, 0.29) is 6.10 Å². The van der Waals surface area contributed by atoms with Gasteiger partial charge in [-0.3, -0.25) is 0 Å². The van der Waals surface area contributed by atoms with Crippen LogP contribution in [0.4, 0.5) is 0 Å². The largest absolute Gasteiger partial charge is 0.390 e. The van der Waals surface area contributed by atoms with Gasteiger partial charge in [-0.05, 0) is 13.3 Å². The minimum atomic E-state index is -0.741. The number of aliphatic hydroxyl groups is 2. The quantitative estimate of drug-likeness (QED) is 0.713. The summed E-state index contributed by atoms with van der Waals surface area (Å²) >= 11 is 0. The normalized spacial score (nSPS) is 42.0. The van der Waals surface area contributed by atoms with Gasteiger partial charge in [0.15, 0.2) is 0 Å². The number of rotatable bonds is 4. The molecule has 0 bridgehead atoms. The molecular weight excluding hydrogens is 212 g/mol. The van der Waals surface area contributed by atoms with Crippen molar-refractivity contribution < 1.29 is 24.4 Å². The van der Waals surface area contributed by atoms with E-state index in [4.69, 9.17) is 14.2 Å². The predicted molar refractivity (Wildman–Crippen MR) is 58.2 cm³/mol. The molecule has 0 saturated carbocycles. The van der Waals surface area contributed by atoms with Crippen LogP contribution in [0.2, 0.25) is 0 Å². The lowest BCUT2D eigenvalue weighted by Gasteiger charge is -2.44. The van der Waals surface area contributed by atoms with Gasteiger partial charge in [-0.25, -0.2) is 0 Å². The predicted octanol–water partition coefficient (Wildman–Crippen LogP) is -0.0645. The number of aliphatic hydroxyl groups excluding tert-OH is 2. The van der Waals surface area contributed by atoms with Gasteiger partial charge in [-0.1, -0.05) is 6.92 Å². The van der Waals surface area contributed by atoms with Crippen LogP contribution in [-0.4, -0.2) is 61.1 Å². The summed E-state index contributed by atoms with van der Waals surface area (Å²) in [4.78, 5) is 0. The first-order valence-corrected chi connectivity index (χ1v) is 5.64. The van der Waals surface area contributed by atoms with Gasteiger partial charge in [0.1, 0.15) is 24.4 Å². The average Bonchev–Trinajstić information content (AvgIpc) is 2.30. The summed E-state index contributed by atoms with van der Waals surface area (Å²) in [6.07, 6.45) is -2.54. The highest BCUT2D eigenvalue weighted by Gasteiger charge is 2.46. The van der Waals surface area contributed by atoms with Gasteiger partial charge in [0, 0.05) is 14.2 Å². The monoisotopic (exact) mass is 234 g/mol. The summed E-state index contributed by atoms with van der Waals surface area (Å²) in [5.41, 5.74) is 0. The zero-order valence-electron chi connectivity index (χ0n) is 10.3. The molecule has 1 fully saturated rings. The van der Waals surface area contributed by atoms with E-state index in [0.29, 0.717) is 6.42 Å². The summed E-state index contributed by atoms with van der Waals surface area (Å²) < 4.78 is 16.1. The molecule has 1 aliphatic heterocycles. The first kappa shape index (κ1) is 13.9. The van der Waals surface area contributed by atoms with Crippen LogP contribution in [0.25, 0.3) is 0 Å². The van der Waals surface area contributed by atoms with Gasteiger partial charge in [0.25, 0.3) is 0 Å². The van der Waals surface area contributed by atoms with Crippen LogP contribution < -0.4 is 0 Å². The molecule has 16 heavy (non-hydrogen) atoms. The Bertz CT molecular complexity index is 211. The Morgan fingerprint density at radius 2 is 1.81 bits per heavy atom. The maximum absolute atomic E-state index is 9.90. The van der Waals surface area contributed by atoms with Crippen LogP contribution in [0.3, 0.4) is 0 Å². The summed E-state index contributed by atoms with van der Waals surface area (Å²) in [7, 11) is 3.05. The minimum Gasteiger partial charge on any atom is -0.390 e. The molecule has 0 radical (unpaired) electrons. The van der Waals surface area contributed by atoms with Crippen molar-refractivity contribution in [3.8, 4) is 0 Å². The van der Waals surface area contributed by atoms with Crippen molar-refractivity contribution in [3.05, 3.63) is 0 Å². The smallest absolute Gasteiger partial charge is 0.115 e. The zero-order chi connectivity index (χ0) is 12.3. The van der Waals surface area contributed by atoms with Crippen molar-refractivity contribution in [1.29, 1.82) is 0 Å². The van der Waals surface area contributed by atoms with Crippen molar-refractivity contribution in [3.63, 3.8) is 0 Å². The molecule has 0 amide bonds. The van der Waals surface area contributed by atoms with Gasteiger partial charge in [-0.2, -0.15) is 0 Å². The fourth-order valence-corrected chi connectivity index (χ4v) is 2.14. The van der Waals surface area contributed by atoms with Crippen molar-refractivity contribution in [1.82, 2.24) is 0 Å². The molecule has 6 atom stereocenters. The Kier molecular flexibility index (Phi) is 5.14. The molecule has 5 heteroatoms. The third-order valence-electron chi connectivity index (χ3n) is 3.18. The second-order valence-corrected chi connectivity index (χ2v) is 4.17. The Morgan fingerprint density at radius 1 is 1.25 bits per heavy atom. The van der Waals surface area contributed by atoms with Crippen molar-refractivity contribution in [2.75, 3.05) is 14.2 Å². The maximum Gasteiger partial charge on any atom is 0.115 e. The van der Waals surface area contributed by atoms with Gasteiger partial charge in [0.2, 0.25) is 0 Å². The van der Waals surface area contributed by atoms with Crippen molar-refractivity contribution in [2.24, 2.45) is 0 Å². The average molecular weight is 234 g/mol. The molecule has 5 nitrogen and oxygen atoms in total.